The third-order valence-electron chi connectivity index (χ3n) is 2.11. The van der Waals surface area contributed by atoms with Crippen LogP contribution < -0.4 is 5.73 Å². The van der Waals surface area contributed by atoms with Gasteiger partial charge in [0.15, 0.2) is 0 Å². The molecule has 1 aromatic heterocycles. The fraction of sp³-hybridized carbons (Fsp3) is 0.545. The average Bonchev–Trinajstić information content (AvgIpc) is 2.26. The first-order chi connectivity index (χ1) is 7.15. The molecule has 1 aromatic rings. The number of nitrogens with two attached hydrogens (primary N) is 1. The normalized spacial score (nSPS) is 14.9. The number of aliphatic hydroxyl groups is 1. The second-order valence-corrected chi connectivity index (χ2v) is 4.79. The van der Waals surface area contributed by atoms with Crippen molar-refractivity contribution in [2.45, 2.75) is 24.9 Å². The van der Waals surface area contributed by atoms with E-state index in [1.165, 1.54) is 0 Å². The Labute approximate surface area is 95.1 Å². The van der Waals surface area contributed by atoms with Crippen LogP contribution in [0.25, 0.3) is 0 Å². The van der Waals surface area contributed by atoms with Gasteiger partial charge in [0.2, 0.25) is 0 Å². The maximum absolute atomic E-state index is 8.93. The van der Waals surface area contributed by atoms with Crippen LogP contribution in [0.4, 0.5) is 0 Å². The lowest BCUT2D eigenvalue weighted by molar-refractivity contribution is 0.250. The summed E-state index contributed by atoms with van der Waals surface area (Å²) < 4.78 is 0. The smallest absolute Gasteiger partial charge is 0.101 e. The maximum Gasteiger partial charge on any atom is 0.101 e. The molecule has 1 unspecified atom stereocenters. The maximum atomic E-state index is 8.93. The minimum absolute atomic E-state index is 0.00522. The zero-order valence-electron chi connectivity index (χ0n) is 9.18. The zero-order chi connectivity index (χ0) is 11.3. The fourth-order valence-electron chi connectivity index (χ4n) is 1.14. The van der Waals surface area contributed by atoms with Gasteiger partial charge in [-0.25, -0.2) is 4.98 Å². The van der Waals surface area contributed by atoms with Crippen molar-refractivity contribution in [2.75, 3.05) is 12.4 Å². The van der Waals surface area contributed by atoms with Gasteiger partial charge in [0.1, 0.15) is 5.03 Å². The van der Waals surface area contributed by atoms with Gasteiger partial charge in [-0.2, -0.15) is 0 Å². The van der Waals surface area contributed by atoms with Gasteiger partial charge in [0, 0.05) is 30.2 Å². The molecule has 1 rings (SSSR count). The molecule has 84 valence electrons. The number of hydrogen-bond acceptors (Lipinski definition) is 4. The van der Waals surface area contributed by atoms with E-state index in [0.29, 0.717) is 0 Å². The van der Waals surface area contributed by atoms with E-state index in [9.17, 15) is 0 Å². The Bertz CT molecular complexity index is 304. The zero-order valence-corrected chi connectivity index (χ0v) is 10.00. The number of aromatic nitrogens is 1. The van der Waals surface area contributed by atoms with Crippen molar-refractivity contribution in [1.82, 2.24) is 4.98 Å². The highest BCUT2D eigenvalue weighted by Crippen LogP contribution is 2.25. The van der Waals surface area contributed by atoms with Gasteiger partial charge in [0.05, 0.1) is 0 Å². The van der Waals surface area contributed by atoms with Crippen molar-refractivity contribution >= 4 is 11.8 Å². The molecule has 3 N–H and O–H groups in total. The minimum Gasteiger partial charge on any atom is -0.396 e. The monoisotopic (exact) mass is 226 g/mol. The van der Waals surface area contributed by atoms with Gasteiger partial charge in [-0.15, -0.1) is 11.8 Å². The summed E-state index contributed by atoms with van der Waals surface area (Å²) in [5, 5.41) is 9.91. The van der Waals surface area contributed by atoms with Gasteiger partial charge >= 0.3 is 0 Å². The Hall–Kier alpha value is -0.580. The highest BCUT2D eigenvalue weighted by atomic mass is 32.2. The minimum atomic E-state index is 0.00522. The Balaban J connectivity index is 2.67. The van der Waals surface area contributed by atoms with Crippen LogP contribution in [-0.2, 0) is 0 Å². The number of thioether (sulfide) groups is 1. The van der Waals surface area contributed by atoms with Gasteiger partial charge in [-0.05, 0) is 18.9 Å². The third kappa shape index (κ3) is 3.81. The quantitative estimate of drug-likeness (QED) is 0.752. The standard InChI is InChI=1S/C11H18N2OS/c1-8(6-14)7-15-11-10(9(2)12)4-3-5-13-11/h3-5,8-9,14H,6-7,12H2,1-2H3/t8?,9-/m1/s1. The molecule has 15 heavy (non-hydrogen) atoms. The Morgan fingerprint density at radius 2 is 2.27 bits per heavy atom. The van der Waals surface area contributed by atoms with E-state index >= 15 is 0 Å². The lowest BCUT2D eigenvalue weighted by Gasteiger charge is -2.12. The van der Waals surface area contributed by atoms with Crippen molar-refractivity contribution in [3.05, 3.63) is 23.9 Å². The molecular formula is C11H18N2OS. The summed E-state index contributed by atoms with van der Waals surface area (Å²) >= 11 is 1.66. The number of nitrogens with zero attached hydrogens (tertiary/aromatic N) is 1. The van der Waals surface area contributed by atoms with Crippen LogP contribution in [0.5, 0.6) is 0 Å². The largest absolute Gasteiger partial charge is 0.396 e. The van der Waals surface area contributed by atoms with Crippen LogP contribution in [0.2, 0.25) is 0 Å². The third-order valence-corrected chi connectivity index (χ3v) is 3.46. The molecule has 3 nitrogen and oxygen atoms in total. The molecule has 0 aliphatic carbocycles. The Morgan fingerprint density at radius 1 is 1.53 bits per heavy atom. The van der Waals surface area contributed by atoms with Crippen molar-refractivity contribution < 1.29 is 5.11 Å². The van der Waals surface area contributed by atoms with Crippen LogP contribution in [0.15, 0.2) is 23.4 Å². The van der Waals surface area contributed by atoms with Crippen molar-refractivity contribution in [1.29, 1.82) is 0 Å². The SMILES string of the molecule is CC(CO)CSc1ncccc1[C@@H](C)N. The summed E-state index contributed by atoms with van der Waals surface area (Å²) in [5.41, 5.74) is 6.93. The van der Waals surface area contributed by atoms with Crippen LogP contribution in [-0.4, -0.2) is 22.5 Å². The fourth-order valence-corrected chi connectivity index (χ4v) is 2.25. The number of aliphatic hydroxyl groups excluding tert-OH is 1. The molecule has 2 atom stereocenters. The lowest BCUT2D eigenvalue weighted by atomic mass is 10.2. The van der Waals surface area contributed by atoms with Gasteiger partial charge in [-0.1, -0.05) is 13.0 Å². The second kappa shape index (κ2) is 6.10. The van der Waals surface area contributed by atoms with Crippen molar-refractivity contribution in [3.8, 4) is 0 Å². The van der Waals surface area contributed by atoms with E-state index in [1.54, 1.807) is 18.0 Å². The van der Waals surface area contributed by atoms with Gasteiger partial charge < -0.3 is 10.8 Å². The molecule has 0 amide bonds. The van der Waals surface area contributed by atoms with E-state index in [4.69, 9.17) is 10.8 Å². The molecule has 0 aliphatic heterocycles. The highest BCUT2D eigenvalue weighted by Gasteiger charge is 2.09. The molecule has 0 bridgehead atoms. The molecule has 0 saturated carbocycles. The predicted octanol–water partition coefficient (Wildman–Crippen LogP) is 1.82. The summed E-state index contributed by atoms with van der Waals surface area (Å²) in [5.74, 6) is 1.16. The van der Waals surface area contributed by atoms with Crippen LogP contribution in [0.1, 0.15) is 25.5 Å². The van der Waals surface area contributed by atoms with Gasteiger partial charge in [0.25, 0.3) is 0 Å². The molecule has 0 saturated heterocycles. The lowest BCUT2D eigenvalue weighted by Crippen LogP contribution is -2.09. The molecule has 1 heterocycles. The highest BCUT2D eigenvalue weighted by molar-refractivity contribution is 7.99. The molecule has 4 heteroatoms. The summed E-state index contributed by atoms with van der Waals surface area (Å²) in [6.45, 7) is 4.19. The summed E-state index contributed by atoms with van der Waals surface area (Å²) in [6.07, 6.45) is 1.78. The molecular weight excluding hydrogens is 208 g/mol. The topological polar surface area (TPSA) is 59.1 Å². The summed E-state index contributed by atoms with van der Waals surface area (Å²) in [7, 11) is 0. The molecule has 0 radical (unpaired) electrons. The second-order valence-electron chi connectivity index (χ2n) is 3.79. The average molecular weight is 226 g/mol. The first-order valence-corrected chi connectivity index (χ1v) is 6.07. The summed E-state index contributed by atoms with van der Waals surface area (Å²) in [4.78, 5) is 4.31. The first-order valence-electron chi connectivity index (χ1n) is 5.09. The predicted molar refractivity (Wildman–Crippen MR) is 63.8 cm³/mol. The molecule has 0 spiro atoms. The van der Waals surface area contributed by atoms with E-state index < -0.39 is 0 Å². The first kappa shape index (κ1) is 12.5. The Morgan fingerprint density at radius 3 is 2.87 bits per heavy atom. The molecule has 0 fully saturated rings. The van der Waals surface area contributed by atoms with Crippen LogP contribution in [0, 0.1) is 5.92 Å². The van der Waals surface area contributed by atoms with Crippen LogP contribution in [0.3, 0.4) is 0 Å². The number of hydrogen-bond donors (Lipinski definition) is 2. The number of rotatable bonds is 5. The van der Waals surface area contributed by atoms with E-state index in [2.05, 4.69) is 4.98 Å². The van der Waals surface area contributed by atoms with E-state index in [-0.39, 0.29) is 18.6 Å². The molecule has 0 aliphatic rings. The van der Waals surface area contributed by atoms with Crippen molar-refractivity contribution in [2.24, 2.45) is 11.7 Å². The van der Waals surface area contributed by atoms with Gasteiger partial charge in [-0.3, -0.25) is 0 Å². The number of pyridine rings is 1. The van der Waals surface area contributed by atoms with Crippen molar-refractivity contribution in [3.63, 3.8) is 0 Å². The van der Waals surface area contributed by atoms with E-state index in [1.807, 2.05) is 26.0 Å². The van der Waals surface area contributed by atoms with Crippen LogP contribution >= 0.6 is 11.8 Å². The summed E-state index contributed by atoms with van der Waals surface area (Å²) in [6, 6.07) is 3.91. The Kier molecular flexibility index (Phi) is 5.08. The van der Waals surface area contributed by atoms with E-state index in [0.717, 1.165) is 16.3 Å². The molecule has 0 aromatic carbocycles.